The van der Waals surface area contributed by atoms with Crippen molar-refractivity contribution in [2.24, 2.45) is 0 Å². The predicted octanol–water partition coefficient (Wildman–Crippen LogP) is 4.19. The van der Waals surface area contributed by atoms with Crippen LogP contribution >= 0.6 is 15.9 Å². The molecule has 1 aromatic rings. The van der Waals surface area contributed by atoms with Gasteiger partial charge in [-0.1, -0.05) is 15.9 Å². The maximum atomic E-state index is 13.0. The van der Waals surface area contributed by atoms with Gasteiger partial charge in [0.05, 0.1) is 5.56 Å². The van der Waals surface area contributed by atoms with Crippen LogP contribution in [-0.2, 0) is 6.18 Å². The number of nitrogens with one attached hydrogen (secondary N) is 1. The van der Waals surface area contributed by atoms with Crippen LogP contribution in [-0.4, -0.2) is 25.2 Å². The molecular formula is C15H18BrF3N2. The highest BCUT2D eigenvalue weighted by Crippen LogP contribution is 2.37. The highest BCUT2D eigenvalue weighted by molar-refractivity contribution is 9.10. The first-order chi connectivity index (χ1) is 9.93. The van der Waals surface area contributed by atoms with Gasteiger partial charge in [0, 0.05) is 35.3 Å². The molecule has 2 fully saturated rings. The average Bonchev–Trinajstić information content (AvgIpc) is 3.22. The molecule has 0 aromatic heterocycles. The van der Waals surface area contributed by atoms with E-state index in [-0.39, 0.29) is 4.47 Å². The molecular weight excluding hydrogens is 345 g/mol. The summed E-state index contributed by atoms with van der Waals surface area (Å²) in [6.07, 6.45) is 0.258. The van der Waals surface area contributed by atoms with Gasteiger partial charge < -0.3 is 10.2 Å². The van der Waals surface area contributed by atoms with Crippen LogP contribution in [0.15, 0.2) is 22.7 Å². The molecule has 6 heteroatoms. The Hall–Kier alpha value is -0.750. The van der Waals surface area contributed by atoms with Crippen LogP contribution in [0.4, 0.5) is 18.9 Å². The first kappa shape index (κ1) is 15.2. The molecule has 116 valence electrons. The molecule has 1 atom stereocenters. The molecule has 1 unspecified atom stereocenters. The lowest BCUT2D eigenvalue weighted by Gasteiger charge is -2.35. The van der Waals surface area contributed by atoms with Gasteiger partial charge in [-0.3, -0.25) is 0 Å². The Kier molecular flexibility index (Phi) is 4.19. The van der Waals surface area contributed by atoms with Crippen molar-refractivity contribution in [3.63, 3.8) is 0 Å². The summed E-state index contributed by atoms with van der Waals surface area (Å²) in [5.41, 5.74) is 0.0603. The van der Waals surface area contributed by atoms with E-state index >= 15 is 0 Å². The molecule has 21 heavy (non-hydrogen) atoms. The normalized spacial score (nSPS) is 23.4. The van der Waals surface area contributed by atoms with Gasteiger partial charge >= 0.3 is 6.18 Å². The molecule has 1 aliphatic heterocycles. The summed E-state index contributed by atoms with van der Waals surface area (Å²) in [5.74, 6) is 0. The fourth-order valence-electron chi connectivity index (χ4n) is 2.86. The van der Waals surface area contributed by atoms with Gasteiger partial charge in [-0.25, -0.2) is 0 Å². The van der Waals surface area contributed by atoms with Gasteiger partial charge in [-0.05, 0) is 43.9 Å². The zero-order valence-electron chi connectivity index (χ0n) is 11.6. The maximum Gasteiger partial charge on any atom is 0.417 e. The summed E-state index contributed by atoms with van der Waals surface area (Å²) in [6.45, 7) is 1.61. The Morgan fingerprint density at radius 3 is 2.57 bits per heavy atom. The van der Waals surface area contributed by atoms with Gasteiger partial charge in [-0.15, -0.1) is 0 Å². The molecule has 0 amide bonds. The molecule has 1 saturated heterocycles. The van der Waals surface area contributed by atoms with Crippen molar-refractivity contribution in [3.8, 4) is 0 Å². The van der Waals surface area contributed by atoms with Crippen LogP contribution in [0.25, 0.3) is 0 Å². The van der Waals surface area contributed by atoms with E-state index in [0.29, 0.717) is 17.8 Å². The van der Waals surface area contributed by atoms with Crippen molar-refractivity contribution < 1.29 is 13.2 Å². The van der Waals surface area contributed by atoms with Crippen LogP contribution in [0.1, 0.15) is 31.2 Å². The third-order valence-corrected chi connectivity index (χ3v) is 4.78. The molecule has 0 radical (unpaired) electrons. The molecule has 2 aliphatic rings. The van der Waals surface area contributed by atoms with E-state index in [1.807, 2.05) is 0 Å². The maximum absolute atomic E-state index is 13.0. The quantitative estimate of drug-likeness (QED) is 0.867. The SMILES string of the molecule is FC(F)(F)c1cc(N2CCCC(NC3CC3)C2)ccc1Br. The number of anilines is 1. The van der Waals surface area contributed by atoms with Gasteiger partial charge in [-0.2, -0.15) is 13.2 Å². The highest BCUT2D eigenvalue weighted by Gasteiger charge is 2.34. The predicted molar refractivity (Wildman–Crippen MR) is 80.5 cm³/mol. The smallest absolute Gasteiger partial charge is 0.370 e. The van der Waals surface area contributed by atoms with Crippen LogP contribution < -0.4 is 10.2 Å². The summed E-state index contributed by atoms with van der Waals surface area (Å²) in [4.78, 5) is 2.06. The third-order valence-electron chi connectivity index (χ3n) is 4.09. The Labute approximate surface area is 130 Å². The molecule has 0 spiro atoms. The molecule has 1 heterocycles. The number of halogens is 4. The lowest BCUT2D eigenvalue weighted by molar-refractivity contribution is -0.138. The number of alkyl halides is 3. The second-order valence-corrected chi connectivity index (χ2v) is 6.74. The Balaban J connectivity index is 1.76. The molecule has 1 aromatic carbocycles. The Bertz CT molecular complexity index is 514. The minimum Gasteiger partial charge on any atom is -0.370 e. The summed E-state index contributed by atoms with van der Waals surface area (Å²) in [5, 5.41) is 3.58. The van der Waals surface area contributed by atoms with Crippen molar-refractivity contribution in [2.75, 3.05) is 18.0 Å². The summed E-state index contributed by atoms with van der Waals surface area (Å²) < 4.78 is 39.1. The standard InChI is InChI=1S/C15H18BrF3N2/c16-14-6-5-12(8-13(14)15(17,18)19)21-7-1-2-11(9-21)20-10-3-4-10/h5-6,8,10-11,20H,1-4,7,9H2. The van der Waals surface area contributed by atoms with Crippen LogP contribution in [0, 0.1) is 0 Å². The lowest BCUT2D eigenvalue weighted by atomic mass is 10.0. The van der Waals surface area contributed by atoms with E-state index in [1.165, 1.54) is 25.0 Å². The minimum atomic E-state index is -4.32. The van der Waals surface area contributed by atoms with E-state index in [1.54, 1.807) is 6.07 Å². The van der Waals surface area contributed by atoms with Crippen LogP contribution in [0.3, 0.4) is 0 Å². The molecule has 1 N–H and O–H groups in total. The van der Waals surface area contributed by atoms with Crippen molar-refractivity contribution in [2.45, 2.75) is 43.9 Å². The number of benzene rings is 1. The number of piperidine rings is 1. The second kappa shape index (κ2) is 5.80. The largest absolute Gasteiger partial charge is 0.417 e. The van der Waals surface area contributed by atoms with E-state index in [0.717, 1.165) is 25.9 Å². The third kappa shape index (κ3) is 3.72. The summed E-state index contributed by atoms with van der Waals surface area (Å²) in [7, 11) is 0. The first-order valence-electron chi connectivity index (χ1n) is 7.31. The van der Waals surface area contributed by atoms with Crippen molar-refractivity contribution in [1.29, 1.82) is 0 Å². The first-order valence-corrected chi connectivity index (χ1v) is 8.10. The second-order valence-electron chi connectivity index (χ2n) is 5.89. The molecule has 1 aliphatic carbocycles. The van der Waals surface area contributed by atoms with Gasteiger partial charge in [0.2, 0.25) is 0 Å². The highest BCUT2D eigenvalue weighted by atomic mass is 79.9. The topological polar surface area (TPSA) is 15.3 Å². The zero-order valence-corrected chi connectivity index (χ0v) is 13.2. The van der Waals surface area contributed by atoms with Crippen molar-refractivity contribution in [3.05, 3.63) is 28.2 Å². The summed E-state index contributed by atoms with van der Waals surface area (Å²) >= 11 is 2.99. The number of hydrogen-bond acceptors (Lipinski definition) is 2. The van der Waals surface area contributed by atoms with E-state index in [9.17, 15) is 13.2 Å². The van der Waals surface area contributed by atoms with E-state index in [4.69, 9.17) is 0 Å². The average molecular weight is 363 g/mol. The Morgan fingerprint density at radius 2 is 1.90 bits per heavy atom. The number of rotatable bonds is 3. The number of hydrogen-bond donors (Lipinski definition) is 1. The van der Waals surface area contributed by atoms with Gasteiger partial charge in [0.25, 0.3) is 0 Å². The fourth-order valence-corrected chi connectivity index (χ4v) is 3.33. The summed E-state index contributed by atoms with van der Waals surface area (Å²) in [6, 6.07) is 5.54. The van der Waals surface area contributed by atoms with Crippen LogP contribution in [0.2, 0.25) is 0 Å². The lowest BCUT2D eigenvalue weighted by Crippen LogP contribution is -2.46. The Morgan fingerprint density at radius 1 is 1.14 bits per heavy atom. The molecule has 3 rings (SSSR count). The molecule has 1 saturated carbocycles. The zero-order chi connectivity index (χ0) is 15.0. The van der Waals surface area contributed by atoms with Crippen LogP contribution in [0.5, 0.6) is 0 Å². The van der Waals surface area contributed by atoms with Crippen molar-refractivity contribution in [1.82, 2.24) is 5.32 Å². The monoisotopic (exact) mass is 362 g/mol. The fraction of sp³-hybridized carbons (Fsp3) is 0.600. The van der Waals surface area contributed by atoms with Gasteiger partial charge in [0.15, 0.2) is 0 Å². The minimum absolute atomic E-state index is 0.100. The van der Waals surface area contributed by atoms with Gasteiger partial charge in [0.1, 0.15) is 0 Å². The molecule has 0 bridgehead atoms. The van der Waals surface area contributed by atoms with E-state index < -0.39 is 11.7 Å². The van der Waals surface area contributed by atoms with E-state index in [2.05, 4.69) is 26.1 Å². The van der Waals surface area contributed by atoms with Crippen molar-refractivity contribution >= 4 is 21.6 Å². The molecule has 2 nitrogen and oxygen atoms in total. The number of nitrogens with zero attached hydrogens (tertiary/aromatic N) is 1.